The number of hydrogen-bond donors (Lipinski definition) is 0. The smallest absolute Gasteiger partial charge is 0.316 e. The highest BCUT2D eigenvalue weighted by Crippen LogP contribution is 2.36. The van der Waals surface area contributed by atoms with Crippen molar-refractivity contribution in [1.29, 1.82) is 0 Å². The van der Waals surface area contributed by atoms with Gasteiger partial charge in [-0.3, -0.25) is 4.79 Å². The Morgan fingerprint density at radius 2 is 1.87 bits per heavy atom. The SMILES string of the molecule is O=C(c1ccc2ccccc2n1)N1CCC2(CC1)CC(Oc1ncccn1)CCO2. The van der Waals surface area contributed by atoms with Crippen molar-refractivity contribution in [3.05, 3.63) is 60.6 Å². The van der Waals surface area contributed by atoms with E-state index in [0.29, 0.717) is 31.4 Å². The predicted molar refractivity (Wildman–Crippen MR) is 111 cm³/mol. The fourth-order valence-corrected chi connectivity index (χ4v) is 4.39. The summed E-state index contributed by atoms with van der Waals surface area (Å²) in [4.78, 5) is 27.8. The van der Waals surface area contributed by atoms with Gasteiger partial charge in [0.15, 0.2) is 0 Å². The zero-order valence-corrected chi connectivity index (χ0v) is 16.7. The molecule has 1 unspecified atom stereocenters. The maximum atomic E-state index is 13.0. The molecule has 1 aromatic carbocycles. The Labute approximate surface area is 175 Å². The fourth-order valence-electron chi connectivity index (χ4n) is 4.39. The zero-order valence-electron chi connectivity index (χ0n) is 16.7. The molecule has 2 aliphatic heterocycles. The van der Waals surface area contributed by atoms with Gasteiger partial charge in [-0.25, -0.2) is 15.0 Å². The van der Waals surface area contributed by atoms with E-state index in [9.17, 15) is 4.79 Å². The minimum Gasteiger partial charge on any atom is -0.460 e. The van der Waals surface area contributed by atoms with Gasteiger partial charge in [0.2, 0.25) is 0 Å². The molecule has 7 heteroatoms. The number of fused-ring (bicyclic) bond motifs is 1. The molecule has 2 aromatic heterocycles. The van der Waals surface area contributed by atoms with E-state index in [1.165, 1.54) is 0 Å². The molecule has 1 atom stereocenters. The minimum atomic E-state index is -0.245. The lowest BCUT2D eigenvalue weighted by atomic mass is 9.83. The highest BCUT2D eigenvalue weighted by atomic mass is 16.5. The van der Waals surface area contributed by atoms with Crippen LogP contribution in [0.3, 0.4) is 0 Å². The lowest BCUT2D eigenvalue weighted by molar-refractivity contribution is -0.136. The van der Waals surface area contributed by atoms with E-state index in [-0.39, 0.29) is 17.6 Å². The molecule has 2 aliphatic rings. The van der Waals surface area contributed by atoms with Crippen molar-refractivity contribution >= 4 is 16.8 Å². The molecule has 2 fully saturated rings. The summed E-state index contributed by atoms with van der Waals surface area (Å²) in [6.07, 6.45) is 6.60. The standard InChI is InChI=1S/C23H24N4O3/c28-21(20-7-6-17-4-1-2-5-19(17)26-20)27-13-9-23(10-14-27)16-18(8-15-29-23)30-22-24-11-3-12-25-22/h1-7,11-12,18H,8-10,13-16H2. The Hall–Kier alpha value is -3.06. The summed E-state index contributed by atoms with van der Waals surface area (Å²) in [7, 11) is 0. The van der Waals surface area contributed by atoms with Crippen LogP contribution in [0.15, 0.2) is 54.9 Å². The highest BCUT2D eigenvalue weighted by molar-refractivity contribution is 5.95. The third-order valence-corrected chi connectivity index (χ3v) is 6.04. The van der Waals surface area contributed by atoms with Gasteiger partial charge in [-0.15, -0.1) is 0 Å². The quantitative estimate of drug-likeness (QED) is 0.667. The number of benzene rings is 1. The molecule has 154 valence electrons. The first-order valence-corrected chi connectivity index (χ1v) is 10.4. The number of piperidine rings is 1. The van der Waals surface area contributed by atoms with Crippen molar-refractivity contribution in [1.82, 2.24) is 19.9 Å². The maximum absolute atomic E-state index is 13.0. The summed E-state index contributed by atoms with van der Waals surface area (Å²) in [5.41, 5.74) is 1.10. The van der Waals surface area contributed by atoms with E-state index in [1.54, 1.807) is 18.5 Å². The molecule has 0 saturated carbocycles. The van der Waals surface area contributed by atoms with Crippen LogP contribution >= 0.6 is 0 Å². The lowest BCUT2D eigenvalue weighted by Gasteiger charge is -2.45. The van der Waals surface area contributed by atoms with Gasteiger partial charge in [0.1, 0.15) is 11.8 Å². The van der Waals surface area contributed by atoms with Gasteiger partial charge in [-0.05, 0) is 31.0 Å². The molecule has 2 saturated heterocycles. The fraction of sp³-hybridized carbons (Fsp3) is 0.391. The van der Waals surface area contributed by atoms with E-state index in [2.05, 4.69) is 15.0 Å². The summed E-state index contributed by atoms with van der Waals surface area (Å²) in [5.74, 6) is -0.0168. The second-order valence-corrected chi connectivity index (χ2v) is 7.98. The number of likely N-dealkylation sites (tertiary alicyclic amines) is 1. The van der Waals surface area contributed by atoms with Crippen molar-refractivity contribution in [3.63, 3.8) is 0 Å². The van der Waals surface area contributed by atoms with Crippen LogP contribution in [0.5, 0.6) is 6.01 Å². The lowest BCUT2D eigenvalue weighted by Crippen LogP contribution is -2.52. The number of amides is 1. The number of para-hydroxylation sites is 1. The number of hydrogen-bond acceptors (Lipinski definition) is 6. The van der Waals surface area contributed by atoms with E-state index in [0.717, 1.165) is 36.6 Å². The summed E-state index contributed by atoms with van der Waals surface area (Å²) >= 11 is 0. The summed E-state index contributed by atoms with van der Waals surface area (Å²) in [5, 5.41) is 1.04. The molecule has 30 heavy (non-hydrogen) atoms. The molecule has 0 radical (unpaired) electrons. The number of pyridine rings is 1. The molecule has 0 bridgehead atoms. The van der Waals surface area contributed by atoms with Crippen molar-refractivity contribution in [2.45, 2.75) is 37.4 Å². The Kier molecular flexibility index (Phi) is 5.04. The van der Waals surface area contributed by atoms with Crippen LogP contribution in [0.1, 0.15) is 36.2 Å². The van der Waals surface area contributed by atoms with Crippen LogP contribution in [0.25, 0.3) is 10.9 Å². The van der Waals surface area contributed by atoms with Gasteiger partial charge in [0.25, 0.3) is 5.91 Å². The van der Waals surface area contributed by atoms with Crippen LogP contribution in [0, 0.1) is 0 Å². The maximum Gasteiger partial charge on any atom is 0.316 e. The Morgan fingerprint density at radius 3 is 2.70 bits per heavy atom. The largest absolute Gasteiger partial charge is 0.460 e. The van der Waals surface area contributed by atoms with Crippen LogP contribution in [0.4, 0.5) is 0 Å². The van der Waals surface area contributed by atoms with Crippen molar-refractivity contribution in [2.24, 2.45) is 0 Å². The number of aromatic nitrogens is 3. The second-order valence-electron chi connectivity index (χ2n) is 7.98. The van der Waals surface area contributed by atoms with E-state index in [4.69, 9.17) is 9.47 Å². The van der Waals surface area contributed by atoms with Gasteiger partial charge >= 0.3 is 6.01 Å². The van der Waals surface area contributed by atoms with Crippen LogP contribution in [-0.2, 0) is 4.74 Å². The molecule has 0 aliphatic carbocycles. The molecule has 0 N–H and O–H groups in total. The second kappa shape index (κ2) is 7.99. The van der Waals surface area contributed by atoms with Gasteiger partial charge < -0.3 is 14.4 Å². The third kappa shape index (κ3) is 3.85. The third-order valence-electron chi connectivity index (χ3n) is 6.04. The van der Waals surface area contributed by atoms with Crippen molar-refractivity contribution < 1.29 is 14.3 Å². The molecular formula is C23H24N4O3. The topological polar surface area (TPSA) is 77.4 Å². The average molecular weight is 404 g/mol. The van der Waals surface area contributed by atoms with Gasteiger partial charge in [0.05, 0.1) is 17.7 Å². The van der Waals surface area contributed by atoms with Crippen LogP contribution in [0.2, 0.25) is 0 Å². The average Bonchev–Trinajstić information content (AvgIpc) is 2.80. The van der Waals surface area contributed by atoms with E-state index < -0.39 is 0 Å². The first-order valence-electron chi connectivity index (χ1n) is 10.4. The Balaban J connectivity index is 1.23. The van der Waals surface area contributed by atoms with Crippen LogP contribution < -0.4 is 4.74 Å². The molecule has 7 nitrogen and oxygen atoms in total. The molecule has 5 rings (SSSR count). The Bertz CT molecular complexity index is 1030. The van der Waals surface area contributed by atoms with Crippen molar-refractivity contribution in [2.75, 3.05) is 19.7 Å². The minimum absolute atomic E-state index is 0.0168. The number of ether oxygens (including phenoxy) is 2. The first-order chi connectivity index (χ1) is 14.7. The van der Waals surface area contributed by atoms with Gasteiger partial charge in [-0.1, -0.05) is 24.3 Å². The monoisotopic (exact) mass is 404 g/mol. The molecule has 3 aromatic rings. The summed E-state index contributed by atoms with van der Waals surface area (Å²) in [6, 6.07) is 13.8. The van der Waals surface area contributed by atoms with E-state index in [1.807, 2.05) is 41.3 Å². The number of nitrogens with zero attached hydrogens (tertiary/aromatic N) is 4. The zero-order chi connectivity index (χ0) is 20.4. The van der Waals surface area contributed by atoms with Crippen molar-refractivity contribution in [3.8, 4) is 6.01 Å². The normalized spacial score (nSPS) is 20.9. The highest BCUT2D eigenvalue weighted by Gasteiger charge is 2.42. The summed E-state index contributed by atoms with van der Waals surface area (Å²) < 4.78 is 12.2. The molecule has 1 amide bonds. The van der Waals surface area contributed by atoms with E-state index >= 15 is 0 Å². The molecular weight excluding hydrogens is 380 g/mol. The van der Waals surface area contributed by atoms with Gasteiger partial charge in [0, 0.05) is 43.7 Å². The van der Waals surface area contributed by atoms with Crippen LogP contribution in [-0.4, -0.2) is 57.2 Å². The predicted octanol–water partition coefficient (Wildman–Crippen LogP) is 3.26. The molecule has 4 heterocycles. The van der Waals surface area contributed by atoms with Gasteiger partial charge in [-0.2, -0.15) is 0 Å². The summed E-state index contributed by atoms with van der Waals surface area (Å²) in [6.45, 7) is 1.96. The Morgan fingerprint density at radius 1 is 1.07 bits per heavy atom. The number of rotatable bonds is 3. The number of carbonyl (C=O) groups excluding carboxylic acids is 1. The number of carbonyl (C=O) groups is 1. The molecule has 1 spiro atoms. The first kappa shape index (κ1) is 18.9.